The second kappa shape index (κ2) is 75.0. The van der Waals surface area contributed by atoms with E-state index in [2.05, 4.69) is 137 Å². The summed E-state index contributed by atoms with van der Waals surface area (Å²) in [5.41, 5.74) is 0. The summed E-state index contributed by atoms with van der Waals surface area (Å²) in [7, 11) is -9.97. The van der Waals surface area contributed by atoms with Gasteiger partial charge in [0.1, 0.15) is 19.3 Å². The summed E-state index contributed by atoms with van der Waals surface area (Å²) in [6.07, 6.45) is 80.6. The van der Waals surface area contributed by atoms with Crippen molar-refractivity contribution in [3.63, 3.8) is 0 Å². The zero-order chi connectivity index (χ0) is 74.6. The average Bonchev–Trinajstić information content (AvgIpc) is 1.21. The van der Waals surface area contributed by atoms with Crippen LogP contribution < -0.4 is 0 Å². The number of hydrogen-bond acceptors (Lipinski definition) is 15. The minimum atomic E-state index is -4.99. The van der Waals surface area contributed by atoms with E-state index < -0.39 is 97.5 Å². The van der Waals surface area contributed by atoms with Crippen LogP contribution in [-0.2, 0) is 65.4 Å². The molecule has 0 bridgehead atoms. The number of esters is 4. The molecule has 5 atom stereocenters. The van der Waals surface area contributed by atoms with Crippen LogP contribution in [0, 0.1) is 0 Å². The number of aliphatic hydroxyl groups excluding tert-OH is 1. The predicted molar refractivity (Wildman–Crippen MR) is 418 cm³/mol. The Morgan fingerprint density at radius 2 is 0.510 bits per heavy atom. The van der Waals surface area contributed by atoms with E-state index in [9.17, 15) is 43.2 Å². The van der Waals surface area contributed by atoms with Gasteiger partial charge in [-0.1, -0.05) is 285 Å². The number of carbonyl (C=O) groups excluding carboxylic acids is 4. The van der Waals surface area contributed by atoms with Crippen molar-refractivity contribution in [1.29, 1.82) is 0 Å². The lowest BCUT2D eigenvalue weighted by molar-refractivity contribution is -0.161. The molecule has 0 amide bonds. The van der Waals surface area contributed by atoms with Gasteiger partial charge in [0.15, 0.2) is 12.2 Å². The Labute approximate surface area is 619 Å². The molecule has 0 aromatic carbocycles. The molecule has 0 aliphatic carbocycles. The quantitative estimate of drug-likeness (QED) is 0.0169. The van der Waals surface area contributed by atoms with Crippen LogP contribution in [0.2, 0.25) is 0 Å². The van der Waals surface area contributed by atoms with Crippen molar-refractivity contribution in [3.05, 3.63) is 109 Å². The van der Waals surface area contributed by atoms with Crippen LogP contribution in [0.15, 0.2) is 109 Å². The maximum absolute atomic E-state index is 13.1. The third kappa shape index (κ3) is 74.0. The van der Waals surface area contributed by atoms with Gasteiger partial charge in [0, 0.05) is 25.7 Å². The van der Waals surface area contributed by atoms with Crippen molar-refractivity contribution < 1.29 is 80.2 Å². The predicted octanol–water partition coefficient (Wildman–Crippen LogP) is 23.3. The van der Waals surface area contributed by atoms with E-state index in [4.69, 9.17) is 37.0 Å². The highest BCUT2D eigenvalue weighted by atomic mass is 31.2. The van der Waals surface area contributed by atoms with Gasteiger partial charge >= 0.3 is 39.5 Å². The van der Waals surface area contributed by atoms with Crippen molar-refractivity contribution >= 4 is 39.5 Å². The van der Waals surface area contributed by atoms with Gasteiger partial charge in [-0.15, -0.1) is 0 Å². The number of phosphoric acid groups is 2. The Bertz CT molecular complexity index is 2360. The molecule has 0 aliphatic heterocycles. The molecular formula is C83H144O17P2. The molecule has 19 heteroatoms. The molecular weight excluding hydrogens is 1330 g/mol. The lowest BCUT2D eigenvalue weighted by Gasteiger charge is -2.21. The third-order valence-corrected chi connectivity index (χ3v) is 18.6. The van der Waals surface area contributed by atoms with Crippen LogP contribution in [0.3, 0.4) is 0 Å². The fraction of sp³-hybridized carbons (Fsp3) is 0.735. The van der Waals surface area contributed by atoms with E-state index >= 15 is 0 Å². The third-order valence-electron chi connectivity index (χ3n) is 16.7. The lowest BCUT2D eigenvalue weighted by Crippen LogP contribution is -2.30. The number of unbranched alkanes of at least 4 members (excludes halogenated alkanes) is 31. The standard InChI is InChI=1S/C83H144O17P2/c1-5-9-13-17-21-25-29-33-36-37-38-39-42-46-50-54-58-62-66-70-83(88)100-79(74-94-81(86)68-64-60-56-52-48-44-40-34-30-26-22-18-14-10-6-2)76-98-102(91,92)96-72-77(84)71-95-101(89,90)97-75-78(73-93-80(85)67-63-59-55-51-47-43-32-28-24-20-16-12-8-4)99-82(87)69-65-61-57-53-49-45-41-35-31-27-23-19-15-11-7-3/h9,13,21-23,25-27,33-36,38-41,46,50,77-79,84H,5-8,10-12,14-20,24,28-32,37,42-45,47-49,51-76H2,1-4H3,(H,89,90)(H,91,92)/b13-9-,25-21-,26-22-,27-23-,36-33-,39-38-,40-34-,41-35-,50-46-/t77-,78+,79+/m0/s1. The molecule has 0 aliphatic rings. The number of rotatable bonds is 75. The summed E-state index contributed by atoms with van der Waals surface area (Å²) in [5, 5.41) is 10.6. The molecule has 0 saturated heterocycles. The minimum absolute atomic E-state index is 0.0514. The molecule has 0 spiro atoms. The highest BCUT2D eigenvalue weighted by Crippen LogP contribution is 2.45. The topological polar surface area (TPSA) is 237 Å². The summed E-state index contributed by atoms with van der Waals surface area (Å²) in [5.74, 6) is -2.23. The van der Waals surface area contributed by atoms with Gasteiger partial charge in [0.25, 0.3) is 0 Å². The number of ether oxygens (including phenoxy) is 4. The van der Waals surface area contributed by atoms with Gasteiger partial charge in [-0.25, -0.2) is 9.13 Å². The maximum atomic E-state index is 13.1. The average molecular weight is 1480 g/mol. The Morgan fingerprint density at radius 3 is 0.814 bits per heavy atom. The van der Waals surface area contributed by atoms with E-state index in [0.29, 0.717) is 25.7 Å². The summed E-state index contributed by atoms with van der Waals surface area (Å²) in [6, 6.07) is 0. The van der Waals surface area contributed by atoms with Gasteiger partial charge in [0.2, 0.25) is 0 Å². The molecule has 102 heavy (non-hydrogen) atoms. The summed E-state index contributed by atoms with van der Waals surface area (Å²) < 4.78 is 68.6. The molecule has 17 nitrogen and oxygen atoms in total. The fourth-order valence-corrected chi connectivity index (χ4v) is 12.2. The molecule has 0 radical (unpaired) electrons. The van der Waals surface area contributed by atoms with Crippen molar-refractivity contribution in [1.82, 2.24) is 0 Å². The van der Waals surface area contributed by atoms with Crippen LogP contribution in [0.4, 0.5) is 0 Å². The van der Waals surface area contributed by atoms with Crippen LogP contribution in [0.1, 0.15) is 336 Å². The molecule has 0 aromatic heterocycles. The van der Waals surface area contributed by atoms with Crippen molar-refractivity contribution in [2.24, 2.45) is 0 Å². The van der Waals surface area contributed by atoms with Gasteiger partial charge in [-0.05, 0) is 135 Å². The van der Waals surface area contributed by atoms with E-state index in [1.54, 1.807) is 0 Å². The molecule has 2 unspecified atom stereocenters. The van der Waals surface area contributed by atoms with E-state index in [-0.39, 0.29) is 25.7 Å². The molecule has 0 fully saturated rings. The minimum Gasteiger partial charge on any atom is -0.462 e. The van der Waals surface area contributed by atoms with Gasteiger partial charge < -0.3 is 33.8 Å². The lowest BCUT2D eigenvalue weighted by atomic mass is 10.0. The molecule has 0 heterocycles. The zero-order valence-electron chi connectivity index (χ0n) is 64.3. The molecule has 588 valence electrons. The second-order valence-electron chi connectivity index (χ2n) is 26.6. The first kappa shape index (κ1) is 97.7. The number of aliphatic hydroxyl groups is 1. The first-order valence-electron chi connectivity index (χ1n) is 40.1. The summed E-state index contributed by atoms with van der Waals surface area (Å²) in [6.45, 7) is 4.67. The van der Waals surface area contributed by atoms with Crippen LogP contribution >= 0.6 is 15.6 Å². The van der Waals surface area contributed by atoms with E-state index in [1.165, 1.54) is 96.3 Å². The Balaban J connectivity index is 5.41. The maximum Gasteiger partial charge on any atom is 0.472 e. The highest BCUT2D eigenvalue weighted by molar-refractivity contribution is 7.47. The summed E-state index contributed by atoms with van der Waals surface area (Å²) in [4.78, 5) is 73.0. The van der Waals surface area contributed by atoms with Crippen LogP contribution in [0.25, 0.3) is 0 Å². The molecule has 0 aromatic rings. The number of phosphoric ester groups is 2. The first-order chi connectivity index (χ1) is 49.7. The highest BCUT2D eigenvalue weighted by Gasteiger charge is 2.30. The fourth-order valence-electron chi connectivity index (χ4n) is 10.6. The smallest absolute Gasteiger partial charge is 0.462 e. The first-order valence-corrected chi connectivity index (χ1v) is 43.1. The van der Waals surface area contributed by atoms with Crippen molar-refractivity contribution in [2.45, 2.75) is 354 Å². The monoisotopic (exact) mass is 1470 g/mol. The van der Waals surface area contributed by atoms with Gasteiger partial charge in [0.05, 0.1) is 26.4 Å². The Hall–Kier alpha value is -4.28. The number of hydrogen-bond donors (Lipinski definition) is 3. The molecule has 0 rings (SSSR count). The Morgan fingerprint density at radius 1 is 0.284 bits per heavy atom. The molecule has 3 N–H and O–H groups in total. The van der Waals surface area contributed by atoms with Crippen molar-refractivity contribution in [2.75, 3.05) is 39.6 Å². The summed E-state index contributed by atoms with van der Waals surface area (Å²) >= 11 is 0. The van der Waals surface area contributed by atoms with E-state index in [0.717, 1.165) is 161 Å². The second-order valence-corrected chi connectivity index (χ2v) is 29.5. The zero-order valence-corrected chi connectivity index (χ0v) is 66.0. The largest absolute Gasteiger partial charge is 0.472 e. The SMILES string of the molecule is CC/C=C\C/C=C\C/C=C\C/C=C\C/C=C\CCCCCC(=O)O[C@H](COC(=O)CCCCCCC/C=C\C/C=C\CCCCC)COP(=O)(O)OC[C@@H](O)COP(=O)(O)OC[C@@H](COC(=O)CCCCCCCCCCCCCCC)OC(=O)CCCCCCC/C=C\C/C=C\CCCCC. The van der Waals surface area contributed by atoms with Crippen molar-refractivity contribution in [3.8, 4) is 0 Å². The number of allylic oxidation sites excluding steroid dienone is 18. The normalized spacial score (nSPS) is 14.5. The number of carbonyl (C=O) groups is 4. The Kier molecular flexibility index (Phi) is 71.8. The van der Waals surface area contributed by atoms with Crippen LogP contribution in [-0.4, -0.2) is 96.7 Å². The van der Waals surface area contributed by atoms with E-state index in [1.807, 2.05) is 0 Å². The van der Waals surface area contributed by atoms with Crippen LogP contribution in [0.5, 0.6) is 0 Å². The molecule has 0 saturated carbocycles. The van der Waals surface area contributed by atoms with Gasteiger partial charge in [-0.2, -0.15) is 0 Å². The van der Waals surface area contributed by atoms with Gasteiger partial charge in [-0.3, -0.25) is 37.3 Å².